The Labute approximate surface area is 217 Å². The maximum atomic E-state index is 6.46. The summed E-state index contributed by atoms with van der Waals surface area (Å²) in [6.45, 7) is 2.55. The summed E-state index contributed by atoms with van der Waals surface area (Å²) in [5.74, 6) is 2.07. The first-order valence-corrected chi connectivity index (χ1v) is 13.6. The Bertz CT molecular complexity index is 1560. The van der Waals surface area contributed by atoms with Crippen LogP contribution in [0.25, 0.3) is 38.9 Å². The van der Waals surface area contributed by atoms with Gasteiger partial charge in [0.15, 0.2) is 0 Å². The van der Waals surface area contributed by atoms with Gasteiger partial charge in [0.2, 0.25) is 0 Å². The summed E-state index contributed by atoms with van der Waals surface area (Å²) in [6.07, 6.45) is 11.4. The molecular formula is C31H32N6. The van der Waals surface area contributed by atoms with E-state index in [9.17, 15) is 0 Å². The summed E-state index contributed by atoms with van der Waals surface area (Å²) in [6, 6.07) is 21.7. The van der Waals surface area contributed by atoms with Crippen molar-refractivity contribution in [2.24, 2.45) is 0 Å². The molecule has 6 heteroatoms. The van der Waals surface area contributed by atoms with E-state index in [0.717, 1.165) is 50.8 Å². The Morgan fingerprint density at radius 1 is 0.811 bits per heavy atom. The van der Waals surface area contributed by atoms with Crippen LogP contribution in [0.1, 0.15) is 50.3 Å². The lowest BCUT2D eigenvalue weighted by molar-refractivity contribution is 0.180. The Kier molecular flexibility index (Phi) is 5.62. The van der Waals surface area contributed by atoms with Gasteiger partial charge in [-0.3, -0.25) is 4.40 Å². The number of anilines is 1. The molecule has 0 bridgehead atoms. The molecule has 37 heavy (non-hydrogen) atoms. The standard InChI is InChI=1S/C31H32N6/c32-30-29-28(24-9-8-22-12-15-26(34-27(22)20-24)21-6-2-1-3-7-21)35-31(37(29)19-16-33-30)23-10-13-25(14-11-23)36-17-4-5-18-36/h1-3,6-9,12,15-16,19-20,23,25H,4-5,10-11,13-14,17-18H2,(H2,32,33). The van der Waals surface area contributed by atoms with E-state index >= 15 is 0 Å². The van der Waals surface area contributed by atoms with Gasteiger partial charge in [-0.2, -0.15) is 0 Å². The number of benzene rings is 2. The molecule has 5 aromatic rings. The lowest BCUT2D eigenvalue weighted by Gasteiger charge is -2.34. The monoisotopic (exact) mass is 488 g/mol. The quantitative estimate of drug-likeness (QED) is 0.321. The van der Waals surface area contributed by atoms with E-state index in [4.69, 9.17) is 15.7 Å². The molecule has 4 heterocycles. The summed E-state index contributed by atoms with van der Waals surface area (Å²) in [5.41, 5.74) is 12.3. The van der Waals surface area contributed by atoms with Crippen molar-refractivity contribution >= 4 is 22.2 Å². The zero-order valence-corrected chi connectivity index (χ0v) is 21.1. The second kappa shape index (κ2) is 9.27. The van der Waals surface area contributed by atoms with Gasteiger partial charge < -0.3 is 10.6 Å². The number of hydrogen-bond acceptors (Lipinski definition) is 5. The van der Waals surface area contributed by atoms with E-state index in [2.05, 4.69) is 56.7 Å². The third-order valence-electron chi connectivity index (χ3n) is 8.36. The van der Waals surface area contributed by atoms with Crippen molar-refractivity contribution in [2.75, 3.05) is 18.8 Å². The molecule has 2 aromatic carbocycles. The third-order valence-corrected chi connectivity index (χ3v) is 8.36. The Hall–Kier alpha value is -3.77. The molecule has 186 valence electrons. The van der Waals surface area contributed by atoms with Crippen LogP contribution in [0.4, 0.5) is 5.82 Å². The summed E-state index contributed by atoms with van der Waals surface area (Å²) >= 11 is 0. The molecule has 2 N–H and O–H groups in total. The van der Waals surface area contributed by atoms with E-state index in [1.54, 1.807) is 6.20 Å². The smallest absolute Gasteiger partial charge is 0.150 e. The van der Waals surface area contributed by atoms with Crippen LogP contribution in [0.3, 0.4) is 0 Å². The Morgan fingerprint density at radius 3 is 2.41 bits per heavy atom. The van der Waals surface area contributed by atoms with Crippen LogP contribution in [0.5, 0.6) is 0 Å². The maximum absolute atomic E-state index is 6.46. The fraction of sp³-hybridized carbons (Fsp3) is 0.323. The zero-order chi connectivity index (χ0) is 24.8. The van der Waals surface area contributed by atoms with Crippen molar-refractivity contribution < 1.29 is 0 Å². The average molecular weight is 489 g/mol. The molecule has 1 aliphatic carbocycles. The zero-order valence-electron chi connectivity index (χ0n) is 21.1. The molecule has 1 saturated heterocycles. The molecule has 2 aliphatic rings. The number of aromatic nitrogens is 4. The number of likely N-dealkylation sites (tertiary alicyclic amines) is 1. The molecule has 6 nitrogen and oxygen atoms in total. The van der Waals surface area contributed by atoms with Crippen LogP contribution in [0, 0.1) is 0 Å². The van der Waals surface area contributed by atoms with Gasteiger partial charge in [0.25, 0.3) is 0 Å². The lowest BCUT2D eigenvalue weighted by atomic mass is 9.85. The number of nitrogens with zero attached hydrogens (tertiary/aromatic N) is 5. The maximum Gasteiger partial charge on any atom is 0.150 e. The molecule has 3 aromatic heterocycles. The van der Waals surface area contributed by atoms with Crippen LogP contribution in [0.2, 0.25) is 0 Å². The Morgan fingerprint density at radius 2 is 1.59 bits per heavy atom. The third kappa shape index (κ3) is 4.05. The molecule has 1 saturated carbocycles. The minimum atomic E-state index is 0.435. The molecule has 0 unspecified atom stereocenters. The van der Waals surface area contributed by atoms with Gasteiger partial charge in [-0.25, -0.2) is 15.0 Å². The predicted molar refractivity (Wildman–Crippen MR) is 149 cm³/mol. The highest BCUT2D eigenvalue weighted by atomic mass is 15.2. The van der Waals surface area contributed by atoms with Crippen LogP contribution in [-0.2, 0) is 0 Å². The average Bonchev–Trinajstić information content (AvgIpc) is 3.63. The number of imidazole rings is 1. The van der Waals surface area contributed by atoms with Gasteiger partial charge in [0.05, 0.1) is 11.2 Å². The second-order valence-electron chi connectivity index (χ2n) is 10.6. The number of hydrogen-bond donors (Lipinski definition) is 1. The first-order chi connectivity index (χ1) is 18.2. The van der Waals surface area contributed by atoms with E-state index in [1.165, 1.54) is 51.6 Å². The number of rotatable bonds is 4. The van der Waals surface area contributed by atoms with Crippen molar-refractivity contribution in [1.82, 2.24) is 24.3 Å². The molecule has 0 amide bonds. The normalized spacial score (nSPS) is 20.6. The number of nitrogen functional groups attached to an aromatic ring is 1. The van der Waals surface area contributed by atoms with Crippen molar-refractivity contribution in [3.63, 3.8) is 0 Å². The van der Waals surface area contributed by atoms with Crippen molar-refractivity contribution in [2.45, 2.75) is 50.5 Å². The van der Waals surface area contributed by atoms with Crippen LogP contribution >= 0.6 is 0 Å². The van der Waals surface area contributed by atoms with E-state index in [-0.39, 0.29) is 0 Å². The minimum Gasteiger partial charge on any atom is -0.382 e. The minimum absolute atomic E-state index is 0.435. The molecule has 0 atom stereocenters. The SMILES string of the molecule is Nc1nccn2c(C3CCC(N4CCCC4)CC3)nc(-c3ccc4ccc(-c5ccccc5)nc4c3)c12. The van der Waals surface area contributed by atoms with Crippen LogP contribution in [0.15, 0.2) is 73.1 Å². The first kappa shape index (κ1) is 22.4. The number of nitrogens with two attached hydrogens (primary N) is 1. The summed E-state index contributed by atoms with van der Waals surface area (Å²) in [5, 5.41) is 1.11. The predicted octanol–water partition coefficient (Wildman–Crippen LogP) is 6.32. The van der Waals surface area contributed by atoms with Gasteiger partial charge in [-0.15, -0.1) is 0 Å². The first-order valence-electron chi connectivity index (χ1n) is 13.6. The lowest BCUT2D eigenvalue weighted by Crippen LogP contribution is -2.35. The molecule has 7 rings (SSSR count). The second-order valence-corrected chi connectivity index (χ2v) is 10.6. The molecule has 2 fully saturated rings. The highest BCUT2D eigenvalue weighted by molar-refractivity contribution is 5.91. The largest absolute Gasteiger partial charge is 0.382 e. The van der Waals surface area contributed by atoms with E-state index in [1.807, 2.05) is 24.4 Å². The van der Waals surface area contributed by atoms with Crippen molar-refractivity contribution in [1.29, 1.82) is 0 Å². The van der Waals surface area contributed by atoms with Gasteiger partial charge in [0.1, 0.15) is 22.9 Å². The summed E-state index contributed by atoms with van der Waals surface area (Å²) < 4.78 is 2.19. The summed E-state index contributed by atoms with van der Waals surface area (Å²) in [4.78, 5) is 17.4. The van der Waals surface area contributed by atoms with Crippen molar-refractivity contribution in [3.05, 3.63) is 78.9 Å². The van der Waals surface area contributed by atoms with E-state index < -0.39 is 0 Å². The van der Waals surface area contributed by atoms with Crippen LogP contribution < -0.4 is 5.73 Å². The van der Waals surface area contributed by atoms with Crippen LogP contribution in [-0.4, -0.2) is 43.4 Å². The summed E-state index contributed by atoms with van der Waals surface area (Å²) in [7, 11) is 0. The fourth-order valence-electron chi connectivity index (χ4n) is 6.42. The molecule has 0 radical (unpaired) electrons. The highest BCUT2D eigenvalue weighted by Crippen LogP contribution is 2.39. The molecule has 0 spiro atoms. The van der Waals surface area contributed by atoms with E-state index in [0.29, 0.717) is 11.7 Å². The van der Waals surface area contributed by atoms with Crippen molar-refractivity contribution in [3.8, 4) is 22.5 Å². The highest BCUT2D eigenvalue weighted by Gasteiger charge is 2.31. The molecule has 1 aliphatic heterocycles. The Balaban J connectivity index is 1.27. The molecular weight excluding hydrogens is 456 g/mol. The van der Waals surface area contributed by atoms with Gasteiger partial charge in [-0.1, -0.05) is 48.5 Å². The fourth-order valence-corrected chi connectivity index (χ4v) is 6.42. The topological polar surface area (TPSA) is 72.3 Å². The number of fused-ring (bicyclic) bond motifs is 2. The van der Waals surface area contributed by atoms with Gasteiger partial charge in [-0.05, 0) is 63.7 Å². The van der Waals surface area contributed by atoms with Gasteiger partial charge in [0, 0.05) is 40.9 Å². The van der Waals surface area contributed by atoms with Gasteiger partial charge >= 0.3 is 0 Å². The number of pyridine rings is 1.